The Bertz CT molecular complexity index is 1420. The van der Waals surface area contributed by atoms with E-state index in [0.717, 1.165) is 60.4 Å². The second-order valence-electron chi connectivity index (χ2n) is 11.3. The van der Waals surface area contributed by atoms with Crippen molar-refractivity contribution in [2.45, 2.75) is 64.8 Å². The summed E-state index contributed by atoms with van der Waals surface area (Å²) in [4.78, 5) is 17.3. The first-order valence-electron chi connectivity index (χ1n) is 14.4. The van der Waals surface area contributed by atoms with Gasteiger partial charge in [0.25, 0.3) is 0 Å². The number of hydrogen-bond donors (Lipinski definition) is 1. The first kappa shape index (κ1) is 30.0. The van der Waals surface area contributed by atoms with Gasteiger partial charge in [-0.3, -0.25) is 4.79 Å². The van der Waals surface area contributed by atoms with E-state index in [1.54, 1.807) is 14.2 Å². The molecule has 0 atom stereocenters. The minimum atomic E-state index is 0.00654. The first-order chi connectivity index (χ1) is 19.8. The van der Waals surface area contributed by atoms with Crippen LogP contribution in [-0.2, 0) is 29.6 Å². The van der Waals surface area contributed by atoms with Gasteiger partial charge in [-0.1, -0.05) is 57.5 Å². The highest BCUT2D eigenvalue weighted by molar-refractivity contribution is 5.78. The lowest BCUT2D eigenvalue weighted by molar-refractivity contribution is -0.120. The Morgan fingerprint density at radius 1 is 0.902 bits per heavy atom. The van der Waals surface area contributed by atoms with E-state index in [4.69, 9.17) is 19.2 Å². The van der Waals surface area contributed by atoms with Gasteiger partial charge in [0.2, 0.25) is 5.91 Å². The second kappa shape index (κ2) is 14.1. The van der Waals surface area contributed by atoms with Gasteiger partial charge in [0.1, 0.15) is 18.2 Å². The van der Waals surface area contributed by atoms with Gasteiger partial charge in [0, 0.05) is 13.0 Å². The van der Waals surface area contributed by atoms with Crippen LogP contribution in [0.25, 0.3) is 11.0 Å². The van der Waals surface area contributed by atoms with Crippen LogP contribution in [0.5, 0.6) is 17.2 Å². The quantitative estimate of drug-likeness (QED) is 0.179. The van der Waals surface area contributed by atoms with Gasteiger partial charge in [-0.25, -0.2) is 4.98 Å². The third kappa shape index (κ3) is 8.26. The summed E-state index contributed by atoms with van der Waals surface area (Å²) in [5, 5.41) is 3.04. The lowest BCUT2D eigenvalue weighted by Gasteiger charge is -2.19. The van der Waals surface area contributed by atoms with Gasteiger partial charge in [-0.2, -0.15) is 0 Å². The molecule has 7 heteroatoms. The number of unbranched alkanes of at least 4 members (excludes halogenated alkanes) is 2. The zero-order valence-corrected chi connectivity index (χ0v) is 25.0. The number of aromatic nitrogens is 2. The smallest absolute Gasteiger partial charge is 0.224 e. The number of carbonyl (C=O) groups is 1. The summed E-state index contributed by atoms with van der Waals surface area (Å²) in [6.45, 7) is 8.62. The largest absolute Gasteiger partial charge is 0.493 e. The number of rotatable bonds is 14. The van der Waals surface area contributed by atoms with Crippen molar-refractivity contribution in [2.24, 2.45) is 0 Å². The molecular formula is C34H43N3O4. The summed E-state index contributed by atoms with van der Waals surface area (Å²) < 4.78 is 19.0. The molecule has 0 aliphatic carbocycles. The molecule has 1 N–H and O–H groups in total. The van der Waals surface area contributed by atoms with E-state index in [1.165, 1.54) is 5.56 Å². The molecule has 0 saturated heterocycles. The highest BCUT2D eigenvalue weighted by atomic mass is 16.5. The van der Waals surface area contributed by atoms with Gasteiger partial charge >= 0.3 is 0 Å². The Labute approximate surface area is 243 Å². The van der Waals surface area contributed by atoms with E-state index in [0.29, 0.717) is 31.1 Å². The van der Waals surface area contributed by atoms with Crippen molar-refractivity contribution in [3.63, 3.8) is 0 Å². The van der Waals surface area contributed by atoms with Crippen LogP contribution < -0.4 is 19.5 Å². The van der Waals surface area contributed by atoms with E-state index < -0.39 is 0 Å². The van der Waals surface area contributed by atoms with Crippen molar-refractivity contribution in [1.29, 1.82) is 0 Å². The molecule has 0 unspecified atom stereocenters. The van der Waals surface area contributed by atoms with Crippen LogP contribution in [-0.4, -0.2) is 42.8 Å². The van der Waals surface area contributed by atoms with Crippen LogP contribution in [0.1, 0.15) is 57.0 Å². The Morgan fingerprint density at radius 3 is 2.39 bits per heavy atom. The summed E-state index contributed by atoms with van der Waals surface area (Å²) in [5.74, 6) is 3.26. The van der Waals surface area contributed by atoms with Crippen molar-refractivity contribution >= 4 is 16.9 Å². The molecule has 0 saturated carbocycles. The summed E-state index contributed by atoms with van der Waals surface area (Å²) in [7, 11) is 3.19. The average molecular weight is 558 g/mol. The number of fused-ring (bicyclic) bond motifs is 1. The van der Waals surface area contributed by atoms with Crippen LogP contribution in [0.15, 0.2) is 66.7 Å². The predicted molar refractivity (Wildman–Crippen MR) is 164 cm³/mol. The molecule has 41 heavy (non-hydrogen) atoms. The highest BCUT2D eigenvalue weighted by Gasteiger charge is 2.14. The third-order valence-corrected chi connectivity index (χ3v) is 7.25. The van der Waals surface area contributed by atoms with Crippen molar-refractivity contribution in [3.8, 4) is 17.2 Å². The molecule has 0 aliphatic heterocycles. The molecule has 3 aromatic carbocycles. The Morgan fingerprint density at radius 2 is 1.66 bits per heavy atom. The highest BCUT2D eigenvalue weighted by Crippen LogP contribution is 2.28. The van der Waals surface area contributed by atoms with Gasteiger partial charge in [-0.05, 0) is 65.8 Å². The minimum Gasteiger partial charge on any atom is -0.493 e. The lowest BCUT2D eigenvalue weighted by Crippen LogP contribution is -2.26. The first-order valence-corrected chi connectivity index (χ1v) is 14.4. The fraction of sp³-hybridized carbons (Fsp3) is 0.412. The van der Waals surface area contributed by atoms with E-state index in [1.807, 2.05) is 24.3 Å². The Balaban J connectivity index is 1.23. The maximum absolute atomic E-state index is 12.4. The topological polar surface area (TPSA) is 74.6 Å². The molecule has 4 rings (SSSR count). The fourth-order valence-electron chi connectivity index (χ4n) is 4.92. The van der Waals surface area contributed by atoms with Crippen LogP contribution in [0, 0.1) is 0 Å². The van der Waals surface area contributed by atoms with Gasteiger partial charge in [-0.15, -0.1) is 0 Å². The van der Waals surface area contributed by atoms with Crippen molar-refractivity contribution in [2.75, 3.05) is 27.4 Å². The lowest BCUT2D eigenvalue weighted by atomic mass is 9.87. The van der Waals surface area contributed by atoms with Crippen LogP contribution in [0.2, 0.25) is 0 Å². The van der Waals surface area contributed by atoms with Crippen molar-refractivity contribution in [3.05, 3.63) is 83.7 Å². The van der Waals surface area contributed by atoms with Gasteiger partial charge in [0.15, 0.2) is 11.5 Å². The van der Waals surface area contributed by atoms with Crippen LogP contribution in [0.4, 0.5) is 0 Å². The number of imidazole rings is 1. The normalized spacial score (nSPS) is 11.4. The molecule has 0 fully saturated rings. The third-order valence-electron chi connectivity index (χ3n) is 7.25. The molecule has 0 bridgehead atoms. The minimum absolute atomic E-state index is 0.00654. The SMILES string of the molecule is COc1ccc(CC(=O)NCCCCCc2nc3ccccc3n2CCOc2ccc(C(C)(C)C)cc2)cc1OC. The molecule has 4 aromatic rings. The van der Waals surface area contributed by atoms with Crippen LogP contribution >= 0.6 is 0 Å². The second-order valence-corrected chi connectivity index (χ2v) is 11.3. The van der Waals surface area contributed by atoms with E-state index >= 15 is 0 Å². The molecule has 1 aromatic heterocycles. The average Bonchev–Trinajstić information content (AvgIpc) is 3.31. The number of amides is 1. The monoisotopic (exact) mass is 557 g/mol. The standard InChI is InChI=1S/C34H43N3O4/c1-34(2,3)26-15-17-27(18-16-26)41-22-21-37-29-12-9-8-11-28(29)36-32(37)13-7-6-10-20-35-33(38)24-25-14-19-30(39-4)31(23-25)40-5/h8-9,11-12,14-19,23H,6-7,10,13,20-22,24H2,1-5H3,(H,35,38). The van der Waals surface area contributed by atoms with Crippen LogP contribution in [0.3, 0.4) is 0 Å². The van der Waals surface area contributed by atoms with E-state index in [9.17, 15) is 4.79 Å². The number of methoxy groups -OCH3 is 2. The fourth-order valence-corrected chi connectivity index (χ4v) is 4.92. The van der Waals surface area contributed by atoms with Gasteiger partial charge in [0.05, 0.1) is 38.2 Å². The van der Waals surface area contributed by atoms with E-state index in [-0.39, 0.29) is 11.3 Å². The van der Waals surface area contributed by atoms with Crippen molar-refractivity contribution in [1.82, 2.24) is 14.9 Å². The van der Waals surface area contributed by atoms with E-state index in [2.05, 4.69) is 73.1 Å². The van der Waals surface area contributed by atoms with Gasteiger partial charge < -0.3 is 24.1 Å². The molecule has 0 radical (unpaired) electrons. The molecule has 0 aliphatic rings. The maximum Gasteiger partial charge on any atom is 0.224 e. The Kier molecular flexibility index (Phi) is 10.3. The molecular weight excluding hydrogens is 514 g/mol. The number of nitrogens with zero attached hydrogens (tertiary/aromatic N) is 2. The number of ether oxygens (including phenoxy) is 3. The summed E-state index contributed by atoms with van der Waals surface area (Å²) in [5.41, 5.74) is 4.46. The molecule has 1 heterocycles. The summed E-state index contributed by atoms with van der Waals surface area (Å²) in [6, 6.07) is 22.2. The predicted octanol–water partition coefficient (Wildman–Crippen LogP) is 6.50. The number of aryl methyl sites for hydroxylation is 1. The van der Waals surface area contributed by atoms with Crippen molar-refractivity contribution < 1.29 is 19.0 Å². The number of para-hydroxylation sites is 2. The molecule has 1 amide bonds. The molecule has 218 valence electrons. The molecule has 0 spiro atoms. The summed E-state index contributed by atoms with van der Waals surface area (Å²) >= 11 is 0. The molecule has 7 nitrogen and oxygen atoms in total. The zero-order valence-electron chi connectivity index (χ0n) is 25.0. The number of carbonyl (C=O) groups excluding carboxylic acids is 1. The number of benzene rings is 3. The summed E-state index contributed by atoms with van der Waals surface area (Å²) in [6.07, 6.45) is 4.13. The number of nitrogens with one attached hydrogen (secondary N) is 1. The number of hydrogen-bond acceptors (Lipinski definition) is 5. The maximum atomic E-state index is 12.4. The Hall–Kier alpha value is -4.00. The zero-order chi connectivity index (χ0) is 29.2.